The second kappa shape index (κ2) is 5.38. The number of aliphatic carboxylic acids is 1. The van der Waals surface area contributed by atoms with Crippen LogP contribution in [-0.4, -0.2) is 29.2 Å². The Morgan fingerprint density at radius 2 is 1.78 bits per heavy atom. The van der Waals surface area contributed by atoms with Crippen molar-refractivity contribution in [1.82, 2.24) is 0 Å². The van der Waals surface area contributed by atoms with Gasteiger partial charge in [0.2, 0.25) is 5.91 Å². The van der Waals surface area contributed by atoms with Crippen molar-refractivity contribution in [1.29, 1.82) is 0 Å². The first kappa shape index (κ1) is 15.5. The minimum atomic E-state index is -4.53. The molecule has 23 heavy (non-hydrogen) atoms. The van der Waals surface area contributed by atoms with E-state index in [1.54, 1.807) is 12.2 Å². The largest absolute Gasteiger partial charge is 0.481 e. The molecule has 1 fully saturated rings. The molecule has 2 aliphatic heterocycles. The van der Waals surface area contributed by atoms with Crippen molar-refractivity contribution < 1.29 is 32.6 Å². The molecule has 0 aliphatic carbocycles. The number of hydrogen-bond acceptors (Lipinski definition) is 3. The average Bonchev–Trinajstić information content (AvgIpc) is 3.07. The third-order valence-electron chi connectivity index (χ3n) is 3.94. The summed E-state index contributed by atoms with van der Waals surface area (Å²) in [5.41, 5.74) is -0.935. The van der Waals surface area contributed by atoms with Crippen molar-refractivity contribution in [3.63, 3.8) is 0 Å². The van der Waals surface area contributed by atoms with Crippen LogP contribution in [0.5, 0.6) is 0 Å². The first-order chi connectivity index (χ1) is 10.8. The number of amides is 1. The Morgan fingerprint density at radius 3 is 2.39 bits per heavy atom. The molecule has 0 spiro atoms. The lowest BCUT2D eigenvalue weighted by molar-refractivity contribution is -0.145. The van der Waals surface area contributed by atoms with Crippen LogP contribution < -0.4 is 5.32 Å². The molecule has 1 aromatic carbocycles. The smallest absolute Gasteiger partial charge is 0.416 e. The highest BCUT2D eigenvalue weighted by molar-refractivity contribution is 5.96. The summed E-state index contributed by atoms with van der Waals surface area (Å²) in [6.07, 6.45) is -2.71. The van der Waals surface area contributed by atoms with Crippen molar-refractivity contribution in [2.24, 2.45) is 11.8 Å². The van der Waals surface area contributed by atoms with Gasteiger partial charge >= 0.3 is 12.1 Å². The van der Waals surface area contributed by atoms with E-state index < -0.39 is 47.7 Å². The van der Waals surface area contributed by atoms with Crippen LogP contribution in [0.3, 0.4) is 0 Å². The molecule has 5 nitrogen and oxygen atoms in total. The third-order valence-corrected chi connectivity index (χ3v) is 3.94. The predicted molar refractivity (Wildman–Crippen MR) is 72.5 cm³/mol. The van der Waals surface area contributed by atoms with Crippen molar-refractivity contribution in [3.05, 3.63) is 42.0 Å². The highest BCUT2D eigenvalue weighted by Gasteiger charge is 2.53. The molecule has 2 heterocycles. The van der Waals surface area contributed by atoms with Crippen LogP contribution in [0.1, 0.15) is 5.56 Å². The molecule has 2 aliphatic rings. The van der Waals surface area contributed by atoms with Crippen LogP contribution >= 0.6 is 0 Å². The fourth-order valence-electron chi connectivity index (χ4n) is 2.91. The van der Waals surface area contributed by atoms with Crippen LogP contribution in [0.25, 0.3) is 0 Å². The third kappa shape index (κ3) is 2.81. The van der Waals surface area contributed by atoms with E-state index in [9.17, 15) is 27.9 Å². The molecule has 1 aromatic rings. The lowest BCUT2D eigenvalue weighted by Crippen LogP contribution is -2.39. The second-order valence-electron chi connectivity index (χ2n) is 5.41. The van der Waals surface area contributed by atoms with E-state index in [1.807, 2.05) is 0 Å². The normalized spacial score (nSPS) is 28.8. The number of ether oxygens (including phenoxy) is 1. The molecular formula is C15H12F3NO4. The summed E-state index contributed by atoms with van der Waals surface area (Å²) in [5.74, 6) is -3.87. The molecule has 122 valence electrons. The van der Waals surface area contributed by atoms with E-state index >= 15 is 0 Å². The molecule has 0 unspecified atom stereocenters. The molecule has 2 bridgehead atoms. The summed E-state index contributed by atoms with van der Waals surface area (Å²) in [4.78, 5) is 23.6. The van der Waals surface area contributed by atoms with Gasteiger partial charge in [-0.2, -0.15) is 13.2 Å². The topological polar surface area (TPSA) is 75.6 Å². The maximum absolute atomic E-state index is 12.7. The summed E-state index contributed by atoms with van der Waals surface area (Å²) in [5, 5.41) is 11.6. The van der Waals surface area contributed by atoms with E-state index in [0.29, 0.717) is 0 Å². The zero-order valence-electron chi connectivity index (χ0n) is 11.6. The maximum atomic E-state index is 12.7. The first-order valence-electron chi connectivity index (χ1n) is 6.82. The van der Waals surface area contributed by atoms with Gasteiger partial charge in [-0.05, 0) is 18.2 Å². The fourth-order valence-corrected chi connectivity index (χ4v) is 2.91. The van der Waals surface area contributed by atoms with Crippen molar-refractivity contribution in [2.75, 3.05) is 5.32 Å². The Morgan fingerprint density at radius 1 is 1.13 bits per heavy atom. The minimum absolute atomic E-state index is 0.0410. The van der Waals surface area contributed by atoms with Crippen LogP contribution in [0.15, 0.2) is 36.4 Å². The number of fused-ring (bicyclic) bond motifs is 2. The molecule has 1 amide bonds. The first-order valence-corrected chi connectivity index (χ1v) is 6.82. The molecule has 1 saturated heterocycles. The molecule has 0 saturated carbocycles. The number of carbonyl (C=O) groups excluding carboxylic acids is 1. The molecule has 0 radical (unpaired) electrons. The number of carboxylic acid groups (broad SMARTS) is 1. The lowest BCUT2D eigenvalue weighted by Gasteiger charge is -2.21. The van der Waals surface area contributed by atoms with Gasteiger partial charge in [0.25, 0.3) is 0 Å². The number of rotatable bonds is 3. The quantitative estimate of drug-likeness (QED) is 0.835. The Labute approximate surface area is 128 Å². The van der Waals surface area contributed by atoms with Gasteiger partial charge in [-0.25, -0.2) is 0 Å². The zero-order valence-corrected chi connectivity index (χ0v) is 11.6. The maximum Gasteiger partial charge on any atom is 0.416 e. The van der Waals surface area contributed by atoms with Gasteiger partial charge in [-0.3, -0.25) is 9.59 Å². The number of halogens is 3. The number of carbonyl (C=O) groups is 2. The van der Waals surface area contributed by atoms with Crippen molar-refractivity contribution >= 4 is 17.6 Å². The van der Waals surface area contributed by atoms with E-state index in [-0.39, 0.29) is 5.69 Å². The summed E-state index contributed by atoms with van der Waals surface area (Å²) in [6, 6.07) is 4.17. The van der Waals surface area contributed by atoms with Gasteiger partial charge in [-0.15, -0.1) is 0 Å². The van der Waals surface area contributed by atoms with Crippen LogP contribution in [0.2, 0.25) is 0 Å². The number of alkyl halides is 3. The Hall–Kier alpha value is -2.35. The second-order valence-corrected chi connectivity index (χ2v) is 5.41. The predicted octanol–water partition coefficient (Wildman–Crippen LogP) is 2.30. The SMILES string of the molecule is O=C(O)[C@@H]1[C@H](C(=O)Nc2cccc(C(F)(F)F)c2)[C@H]2C=C[C@@H]1O2. The van der Waals surface area contributed by atoms with Crippen molar-refractivity contribution in [3.8, 4) is 0 Å². The molecular weight excluding hydrogens is 315 g/mol. The van der Waals surface area contributed by atoms with Gasteiger partial charge in [0.15, 0.2) is 0 Å². The van der Waals surface area contributed by atoms with E-state index in [0.717, 1.165) is 12.1 Å². The summed E-state index contributed by atoms with van der Waals surface area (Å²) in [7, 11) is 0. The van der Waals surface area contributed by atoms with E-state index in [2.05, 4.69) is 5.32 Å². The molecule has 2 N–H and O–H groups in total. The van der Waals surface area contributed by atoms with Gasteiger partial charge in [-0.1, -0.05) is 18.2 Å². The lowest BCUT2D eigenvalue weighted by atomic mass is 9.82. The standard InChI is InChI=1S/C15H12F3NO4/c16-15(17,18)7-2-1-3-8(6-7)19-13(20)11-9-4-5-10(23-9)12(11)14(21)22/h1-6,9-12H,(H,19,20)(H,21,22)/t9-,10+,11-,12+/m1/s1. The average molecular weight is 327 g/mol. The fraction of sp³-hybridized carbons (Fsp3) is 0.333. The highest BCUT2D eigenvalue weighted by atomic mass is 19.4. The van der Waals surface area contributed by atoms with Gasteiger partial charge in [0.1, 0.15) is 5.92 Å². The summed E-state index contributed by atoms with van der Waals surface area (Å²) in [6.45, 7) is 0. The molecule has 3 rings (SSSR count). The Kier molecular flexibility index (Phi) is 3.63. The monoisotopic (exact) mass is 327 g/mol. The van der Waals surface area contributed by atoms with Gasteiger partial charge in [0, 0.05) is 5.69 Å². The number of anilines is 1. The molecule has 4 atom stereocenters. The number of benzene rings is 1. The van der Waals surface area contributed by atoms with E-state index in [4.69, 9.17) is 4.74 Å². The Bertz CT molecular complexity index is 686. The van der Waals surface area contributed by atoms with E-state index in [1.165, 1.54) is 12.1 Å². The number of hydrogen-bond donors (Lipinski definition) is 2. The number of carboxylic acids is 1. The summed E-state index contributed by atoms with van der Waals surface area (Å²) < 4.78 is 43.4. The summed E-state index contributed by atoms with van der Waals surface area (Å²) >= 11 is 0. The number of nitrogens with one attached hydrogen (secondary N) is 1. The Balaban J connectivity index is 1.80. The molecule has 0 aromatic heterocycles. The van der Waals surface area contributed by atoms with Crippen molar-refractivity contribution in [2.45, 2.75) is 18.4 Å². The van der Waals surface area contributed by atoms with Crippen LogP contribution in [-0.2, 0) is 20.5 Å². The minimum Gasteiger partial charge on any atom is -0.481 e. The van der Waals surface area contributed by atoms with Crippen LogP contribution in [0.4, 0.5) is 18.9 Å². The van der Waals surface area contributed by atoms with Gasteiger partial charge < -0.3 is 15.2 Å². The molecule has 8 heteroatoms. The van der Waals surface area contributed by atoms with Gasteiger partial charge in [0.05, 0.1) is 23.7 Å². The van der Waals surface area contributed by atoms with Crippen LogP contribution in [0, 0.1) is 11.8 Å². The zero-order chi connectivity index (χ0) is 16.8. The highest BCUT2D eigenvalue weighted by Crippen LogP contribution is 2.40.